The molecular formula is C16H16ClFO2. The van der Waals surface area contributed by atoms with Crippen LogP contribution in [0.2, 0.25) is 0 Å². The van der Waals surface area contributed by atoms with Crippen LogP contribution < -0.4 is 9.47 Å². The minimum atomic E-state index is -0.318. The number of halogens is 2. The number of para-hydroxylation sites is 1. The second kappa shape index (κ2) is 6.62. The highest BCUT2D eigenvalue weighted by atomic mass is 35.5. The molecule has 0 heterocycles. The fourth-order valence-corrected chi connectivity index (χ4v) is 2.49. The Balaban J connectivity index is 2.27. The zero-order chi connectivity index (χ0) is 14.5. The lowest BCUT2D eigenvalue weighted by atomic mass is 10.0. The minimum Gasteiger partial charge on any atom is -0.493 e. The van der Waals surface area contributed by atoms with Crippen molar-refractivity contribution in [2.24, 2.45) is 0 Å². The minimum absolute atomic E-state index is 0.260. The van der Waals surface area contributed by atoms with E-state index in [1.165, 1.54) is 12.1 Å². The van der Waals surface area contributed by atoms with Crippen LogP contribution in [0, 0.1) is 5.82 Å². The summed E-state index contributed by atoms with van der Waals surface area (Å²) in [4.78, 5) is 0. The number of hydrogen-bond donors (Lipinski definition) is 0. The van der Waals surface area contributed by atoms with Crippen molar-refractivity contribution < 1.29 is 13.9 Å². The molecule has 1 atom stereocenters. The molecule has 106 valence electrons. The average Bonchev–Trinajstić information content (AvgIpc) is 2.46. The van der Waals surface area contributed by atoms with Gasteiger partial charge in [0.25, 0.3) is 0 Å². The summed E-state index contributed by atoms with van der Waals surface area (Å²) in [5.74, 6) is 0.991. The molecule has 0 aliphatic rings. The van der Waals surface area contributed by atoms with Crippen LogP contribution in [0.5, 0.6) is 11.5 Å². The molecule has 2 nitrogen and oxygen atoms in total. The van der Waals surface area contributed by atoms with E-state index in [1.54, 1.807) is 20.3 Å². The molecule has 20 heavy (non-hydrogen) atoms. The van der Waals surface area contributed by atoms with E-state index in [1.807, 2.05) is 24.3 Å². The van der Waals surface area contributed by atoms with Gasteiger partial charge in [-0.3, -0.25) is 0 Å². The number of benzene rings is 2. The van der Waals surface area contributed by atoms with Gasteiger partial charge in [-0.15, -0.1) is 11.6 Å². The second-order valence-electron chi connectivity index (χ2n) is 4.38. The summed E-state index contributed by atoms with van der Waals surface area (Å²) >= 11 is 6.45. The maximum absolute atomic E-state index is 13.2. The van der Waals surface area contributed by atoms with Gasteiger partial charge in [0.1, 0.15) is 5.82 Å². The van der Waals surface area contributed by atoms with Crippen molar-refractivity contribution >= 4 is 11.6 Å². The van der Waals surface area contributed by atoms with E-state index < -0.39 is 0 Å². The molecule has 0 N–H and O–H groups in total. The molecule has 0 radical (unpaired) electrons. The Bertz CT molecular complexity index is 586. The summed E-state index contributed by atoms with van der Waals surface area (Å²) in [5.41, 5.74) is 1.67. The van der Waals surface area contributed by atoms with Crippen molar-refractivity contribution in [3.63, 3.8) is 0 Å². The zero-order valence-corrected chi connectivity index (χ0v) is 12.2. The van der Waals surface area contributed by atoms with E-state index in [-0.39, 0.29) is 11.2 Å². The molecule has 0 bridgehead atoms. The summed E-state index contributed by atoms with van der Waals surface area (Å²) in [6.07, 6.45) is 0.517. The fourth-order valence-electron chi connectivity index (χ4n) is 2.14. The van der Waals surface area contributed by atoms with E-state index in [0.717, 1.165) is 11.1 Å². The normalized spacial score (nSPS) is 12.0. The molecule has 0 fully saturated rings. The van der Waals surface area contributed by atoms with E-state index in [2.05, 4.69) is 0 Å². The maximum atomic E-state index is 13.2. The van der Waals surface area contributed by atoms with Crippen LogP contribution in [0.25, 0.3) is 0 Å². The van der Waals surface area contributed by atoms with Crippen LogP contribution in [-0.2, 0) is 6.42 Å². The van der Waals surface area contributed by atoms with Gasteiger partial charge in [0.05, 0.1) is 19.6 Å². The van der Waals surface area contributed by atoms with Crippen LogP contribution in [0.1, 0.15) is 16.5 Å². The highest BCUT2D eigenvalue weighted by Gasteiger charge is 2.17. The molecule has 4 heteroatoms. The molecule has 0 spiro atoms. The third-order valence-corrected chi connectivity index (χ3v) is 3.46. The van der Waals surface area contributed by atoms with Crippen molar-refractivity contribution in [3.8, 4) is 11.5 Å². The molecule has 0 aliphatic carbocycles. The molecule has 1 unspecified atom stereocenters. The SMILES string of the molecule is COc1cccc(C(Cl)Cc2cccc(F)c2)c1OC. The smallest absolute Gasteiger partial charge is 0.165 e. The number of ether oxygens (including phenoxy) is 2. The van der Waals surface area contributed by atoms with Crippen molar-refractivity contribution in [2.75, 3.05) is 14.2 Å². The summed E-state index contributed by atoms with van der Waals surface area (Å²) in [6.45, 7) is 0. The Hall–Kier alpha value is -1.74. The molecule has 0 saturated heterocycles. The summed E-state index contributed by atoms with van der Waals surface area (Å²) in [5, 5.41) is -0.318. The van der Waals surface area contributed by atoms with Gasteiger partial charge >= 0.3 is 0 Å². The molecule has 2 rings (SSSR count). The lowest BCUT2D eigenvalue weighted by Crippen LogP contribution is -2.01. The van der Waals surface area contributed by atoms with Crippen LogP contribution in [-0.4, -0.2) is 14.2 Å². The quantitative estimate of drug-likeness (QED) is 0.763. The van der Waals surface area contributed by atoms with Crippen LogP contribution >= 0.6 is 11.6 Å². The standard InChI is InChI=1S/C16H16ClFO2/c1-19-15-8-4-7-13(16(15)20-2)14(17)10-11-5-3-6-12(18)9-11/h3-9,14H,10H2,1-2H3. The first-order valence-electron chi connectivity index (χ1n) is 6.25. The molecule has 0 saturated carbocycles. The molecular weight excluding hydrogens is 279 g/mol. The average molecular weight is 295 g/mol. The van der Waals surface area contributed by atoms with Crippen molar-refractivity contribution in [1.29, 1.82) is 0 Å². The molecule has 0 aromatic heterocycles. The van der Waals surface area contributed by atoms with Gasteiger partial charge in [-0.2, -0.15) is 0 Å². The number of alkyl halides is 1. The Kier molecular flexibility index (Phi) is 4.85. The van der Waals surface area contributed by atoms with Gasteiger partial charge < -0.3 is 9.47 Å². The third-order valence-electron chi connectivity index (χ3n) is 3.07. The predicted molar refractivity (Wildman–Crippen MR) is 78.2 cm³/mol. The van der Waals surface area contributed by atoms with Gasteiger partial charge in [-0.1, -0.05) is 24.3 Å². The Morgan fingerprint density at radius 2 is 1.85 bits per heavy atom. The topological polar surface area (TPSA) is 18.5 Å². The molecule has 0 aliphatic heterocycles. The first kappa shape index (κ1) is 14.7. The fraction of sp³-hybridized carbons (Fsp3) is 0.250. The van der Waals surface area contributed by atoms with Gasteiger partial charge in [-0.25, -0.2) is 4.39 Å². The van der Waals surface area contributed by atoms with E-state index in [9.17, 15) is 4.39 Å². The largest absolute Gasteiger partial charge is 0.493 e. The molecule has 2 aromatic rings. The van der Waals surface area contributed by atoms with Crippen LogP contribution in [0.15, 0.2) is 42.5 Å². The Labute approximate surface area is 123 Å². The summed E-state index contributed by atoms with van der Waals surface area (Å²) in [6, 6.07) is 12.0. The predicted octanol–water partition coefficient (Wildman–Crippen LogP) is 4.37. The highest BCUT2D eigenvalue weighted by molar-refractivity contribution is 6.21. The lowest BCUT2D eigenvalue weighted by molar-refractivity contribution is 0.351. The number of hydrogen-bond acceptors (Lipinski definition) is 2. The second-order valence-corrected chi connectivity index (χ2v) is 4.91. The van der Waals surface area contributed by atoms with Crippen LogP contribution in [0.4, 0.5) is 4.39 Å². The Morgan fingerprint density at radius 3 is 2.50 bits per heavy atom. The molecule has 0 amide bonds. The van der Waals surface area contributed by atoms with Crippen molar-refractivity contribution in [2.45, 2.75) is 11.8 Å². The van der Waals surface area contributed by atoms with Gasteiger partial charge in [0.15, 0.2) is 11.5 Å². The first-order valence-corrected chi connectivity index (χ1v) is 6.68. The lowest BCUT2D eigenvalue weighted by Gasteiger charge is -2.16. The highest BCUT2D eigenvalue weighted by Crippen LogP contribution is 2.38. The van der Waals surface area contributed by atoms with Gasteiger partial charge in [0, 0.05) is 5.56 Å². The Morgan fingerprint density at radius 1 is 1.10 bits per heavy atom. The first-order chi connectivity index (χ1) is 9.65. The van der Waals surface area contributed by atoms with E-state index >= 15 is 0 Å². The summed E-state index contributed by atoms with van der Waals surface area (Å²) in [7, 11) is 3.16. The van der Waals surface area contributed by atoms with Gasteiger partial charge in [-0.05, 0) is 30.2 Å². The zero-order valence-electron chi connectivity index (χ0n) is 11.4. The third kappa shape index (κ3) is 3.23. The summed E-state index contributed by atoms with van der Waals surface area (Å²) < 4.78 is 23.8. The molecule has 2 aromatic carbocycles. The monoisotopic (exact) mass is 294 g/mol. The number of methoxy groups -OCH3 is 2. The number of rotatable bonds is 5. The maximum Gasteiger partial charge on any atom is 0.165 e. The van der Waals surface area contributed by atoms with Gasteiger partial charge in [0.2, 0.25) is 0 Å². The van der Waals surface area contributed by atoms with E-state index in [4.69, 9.17) is 21.1 Å². The van der Waals surface area contributed by atoms with E-state index in [0.29, 0.717) is 17.9 Å². The van der Waals surface area contributed by atoms with Crippen molar-refractivity contribution in [3.05, 3.63) is 59.4 Å². The van der Waals surface area contributed by atoms with Crippen molar-refractivity contribution in [1.82, 2.24) is 0 Å². The van der Waals surface area contributed by atoms with Crippen LogP contribution in [0.3, 0.4) is 0 Å².